The molecule has 32 heavy (non-hydrogen) atoms. The number of anilines is 1. The van der Waals surface area contributed by atoms with Gasteiger partial charge in [-0.05, 0) is 54.1 Å². The van der Waals surface area contributed by atoms with Crippen LogP contribution in [-0.2, 0) is 4.79 Å². The van der Waals surface area contributed by atoms with Gasteiger partial charge in [0.05, 0.1) is 18.2 Å². The molecule has 2 aliphatic rings. The lowest BCUT2D eigenvalue weighted by atomic mass is 10.2. The summed E-state index contributed by atoms with van der Waals surface area (Å²) < 4.78 is 5.68. The first-order valence-electron chi connectivity index (χ1n) is 11.1. The van der Waals surface area contributed by atoms with Crippen molar-refractivity contribution in [1.82, 2.24) is 9.80 Å². The first-order valence-corrected chi connectivity index (χ1v) is 12.0. The summed E-state index contributed by atoms with van der Waals surface area (Å²) in [7, 11) is 0. The average molecular weight is 452 g/mol. The Hall–Kier alpha value is -2.77. The number of imide groups is 1. The standard InChI is InChI=1S/C25H29N3O3S/c1-2-3-17-31-22-11-9-20(10-12-22)18-23-24(29)28(25(30)32-23)19-26-13-15-27(16-14-26)21-7-5-4-6-8-21/h4-12,18H,2-3,13-17,19H2,1H3. The number of para-hydroxylation sites is 1. The SMILES string of the molecule is CCCCOc1ccc(C=C2SC(=O)N(CN3CCN(c4ccccc4)CC3)C2=O)cc1. The molecule has 2 aromatic rings. The fourth-order valence-corrected chi connectivity index (χ4v) is 4.59. The van der Waals surface area contributed by atoms with Crippen molar-refractivity contribution < 1.29 is 14.3 Å². The van der Waals surface area contributed by atoms with Crippen LogP contribution in [0.2, 0.25) is 0 Å². The molecule has 2 aliphatic heterocycles. The molecule has 4 rings (SSSR count). The molecule has 0 N–H and O–H groups in total. The first kappa shape index (κ1) is 22.4. The van der Waals surface area contributed by atoms with Gasteiger partial charge in [-0.25, -0.2) is 0 Å². The molecule has 0 aromatic heterocycles. The van der Waals surface area contributed by atoms with Crippen LogP contribution < -0.4 is 9.64 Å². The Morgan fingerprint density at radius 1 is 0.969 bits per heavy atom. The number of rotatable bonds is 8. The van der Waals surface area contributed by atoms with E-state index in [9.17, 15) is 9.59 Å². The number of unbranched alkanes of at least 4 members (excludes halogenated alkanes) is 1. The third kappa shape index (κ3) is 5.53. The summed E-state index contributed by atoms with van der Waals surface area (Å²) in [5.74, 6) is 0.604. The lowest BCUT2D eigenvalue weighted by Gasteiger charge is -2.37. The highest BCUT2D eigenvalue weighted by atomic mass is 32.2. The van der Waals surface area contributed by atoms with Crippen molar-refractivity contribution in [3.63, 3.8) is 0 Å². The van der Waals surface area contributed by atoms with Gasteiger partial charge in [0.1, 0.15) is 5.75 Å². The maximum atomic E-state index is 12.9. The number of carbonyl (C=O) groups is 2. The summed E-state index contributed by atoms with van der Waals surface area (Å²) in [6, 6.07) is 18.0. The fraction of sp³-hybridized carbons (Fsp3) is 0.360. The van der Waals surface area contributed by atoms with Crippen molar-refractivity contribution in [1.29, 1.82) is 0 Å². The zero-order chi connectivity index (χ0) is 22.3. The highest BCUT2D eigenvalue weighted by Crippen LogP contribution is 2.32. The monoisotopic (exact) mass is 451 g/mol. The molecule has 2 amide bonds. The maximum absolute atomic E-state index is 12.9. The largest absolute Gasteiger partial charge is 0.494 e. The van der Waals surface area contributed by atoms with Crippen LogP contribution in [0.3, 0.4) is 0 Å². The number of piperazine rings is 1. The highest BCUT2D eigenvalue weighted by Gasteiger charge is 2.36. The maximum Gasteiger partial charge on any atom is 0.294 e. The predicted molar refractivity (Wildman–Crippen MR) is 130 cm³/mol. The summed E-state index contributed by atoms with van der Waals surface area (Å²) in [6.07, 6.45) is 3.90. The van der Waals surface area contributed by atoms with Gasteiger partial charge in [-0.2, -0.15) is 0 Å². The van der Waals surface area contributed by atoms with Crippen molar-refractivity contribution in [2.24, 2.45) is 0 Å². The van der Waals surface area contributed by atoms with E-state index in [0.717, 1.165) is 62.1 Å². The second kappa shape index (κ2) is 10.7. The topological polar surface area (TPSA) is 53.1 Å². The van der Waals surface area contributed by atoms with Crippen LogP contribution in [0, 0.1) is 0 Å². The van der Waals surface area contributed by atoms with Crippen molar-refractivity contribution in [3.8, 4) is 5.75 Å². The molecule has 0 saturated carbocycles. The molecule has 0 radical (unpaired) electrons. The first-order chi connectivity index (χ1) is 15.6. The molecule has 7 heteroatoms. The minimum atomic E-state index is -0.214. The van der Waals surface area contributed by atoms with Crippen LogP contribution in [0.5, 0.6) is 5.75 Å². The zero-order valence-electron chi connectivity index (χ0n) is 18.4. The average Bonchev–Trinajstić information content (AvgIpc) is 3.09. The van der Waals surface area contributed by atoms with Gasteiger partial charge in [0.2, 0.25) is 0 Å². The van der Waals surface area contributed by atoms with Gasteiger partial charge in [0.25, 0.3) is 11.1 Å². The Bertz CT molecular complexity index is 954. The second-order valence-corrected chi connectivity index (χ2v) is 8.96. The van der Waals surface area contributed by atoms with Gasteiger partial charge in [0, 0.05) is 31.9 Å². The minimum absolute atomic E-state index is 0.203. The molecule has 2 aromatic carbocycles. The van der Waals surface area contributed by atoms with E-state index in [1.54, 1.807) is 6.08 Å². The number of benzene rings is 2. The van der Waals surface area contributed by atoms with Gasteiger partial charge in [-0.3, -0.25) is 19.4 Å². The molecule has 0 spiro atoms. The van der Waals surface area contributed by atoms with Crippen molar-refractivity contribution in [3.05, 3.63) is 65.1 Å². The van der Waals surface area contributed by atoms with Crippen molar-refractivity contribution >= 4 is 34.7 Å². The Morgan fingerprint density at radius 3 is 2.38 bits per heavy atom. The Morgan fingerprint density at radius 2 is 1.69 bits per heavy atom. The Kier molecular flexibility index (Phi) is 7.50. The van der Waals surface area contributed by atoms with Crippen LogP contribution >= 0.6 is 11.8 Å². The van der Waals surface area contributed by atoms with Gasteiger partial charge < -0.3 is 9.64 Å². The van der Waals surface area contributed by atoms with Gasteiger partial charge in [0.15, 0.2) is 0 Å². The Balaban J connectivity index is 1.32. The molecule has 0 aliphatic carbocycles. The summed E-state index contributed by atoms with van der Waals surface area (Å²) in [5, 5.41) is -0.203. The van der Waals surface area contributed by atoms with Crippen molar-refractivity contribution in [2.45, 2.75) is 19.8 Å². The Labute approximate surface area is 193 Å². The summed E-state index contributed by atoms with van der Waals surface area (Å²) >= 11 is 1.01. The van der Waals surface area contributed by atoms with Crippen LogP contribution in [0.25, 0.3) is 6.08 Å². The number of nitrogens with zero attached hydrogens (tertiary/aromatic N) is 3. The molecular weight excluding hydrogens is 422 g/mol. The highest BCUT2D eigenvalue weighted by molar-refractivity contribution is 8.18. The van der Waals surface area contributed by atoms with E-state index in [4.69, 9.17) is 4.74 Å². The van der Waals surface area contributed by atoms with Crippen LogP contribution in [-0.4, -0.2) is 60.4 Å². The molecule has 6 nitrogen and oxygen atoms in total. The molecule has 2 heterocycles. The third-order valence-electron chi connectivity index (χ3n) is 5.65. The number of hydrogen-bond donors (Lipinski definition) is 0. The van der Waals surface area contributed by atoms with Crippen LogP contribution in [0.1, 0.15) is 25.3 Å². The molecule has 0 atom stereocenters. The van der Waals surface area contributed by atoms with E-state index in [1.165, 1.54) is 10.6 Å². The number of ether oxygens (including phenoxy) is 1. The van der Waals surface area contributed by atoms with E-state index >= 15 is 0 Å². The predicted octanol–water partition coefficient (Wildman–Crippen LogP) is 4.68. The second-order valence-electron chi connectivity index (χ2n) is 7.96. The summed E-state index contributed by atoms with van der Waals surface area (Å²) in [5.41, 5.74) is 2.10. The van der Waals surface area contributed by atoms with E-state index in [2.05, 4.69) is 28.9 Å². The third-order valence-corrected chi connectivity index (χ3v) is 6.56. The lowest BCUT2D eigenvalue weighted by molar-refractivity contribution is -0.124. The van der Waals surface area contributed by atoms with Crippen LogP contribution in [0.15, 0.2) is 59.5 Å². The summed E-state index contributed by atoms with van der Waals surface area (Å²) in [4.78, 5) is 31.7. The number of amides is 2. The van der Waals surface area contributed by atoms with Crippen molar-refractivity contribution in [2.75, 3.05) is 44.4 Å². The van der Waals surface area contributed by atoms with Gasteiger partial charge >= 0.3 is 0 Å². The molecule has 168 valence electrons. The normalized spacial score (nSPS) is 18.6. The van der Waals surface area contributed by atoms with Gasteiger partial charge in [-0.15, -0.1) is 0 Å². The molecule has 2 saturated heterocycles. The quantitative estimate of drug-likeness (QED) is 0.429. The molecule has 2 fully saturated rings. The number of hydrogen-bond acceptors (Lipinski definition) is 6. The molecule has 0 unspecified atom stereocenters. The number of carbonyl (C=O) groups excluding carboxylic acids is 2. The summed E-state index contributed by atoms with van der Waals surface area (Å²) in [6.45, 7) is 6.56. The van der Waals surface area contributed by atoms with E-state index < -0.39 is 0 Å². The minimum Gasteiger partial charge on any atom is -0.494 e. The fourth-order valence-electron chi connectivity index (χ4n) is 3.75. The number of thioether (sulfide) groups is 1. The van der Waals surface area contributed by atoms with E-state index in [0.29, 0.717) is 18.2 Å². The molecule has 0 bridgehead atoms. The smallest absolute Gasteiger partial charge is 0.294 e. The van der Waals surface area contributed by atoms with E-state index in [1.807, 2.05) is 42.5 Å². The van der Waals surface area contributed by atoms with Gasteiger partial charge in [-0.1, -0.05) is 43.7 Å². The molecular formula is C25H29N3O3S. The lowest BCUT2D eigenvalue weighted by Crippen LogP contribution is -2.50. The van der Waals surface area contributed by atoms with E-state index in [-0.39, 0.29) is 11.1 Å². The zero-order valence-corrected chi connectivity index (χ0v) is 19.2. The van der Waals surface area contributed by atoms with Crippen LogP contribution in [0.4, 0.5) is 10.5 Å².